The molecule has 0 radical (unpaired) electrons. The van der Waals surface area contributed by atoms with Gasteiger partial charge < -0.3 is 30.9 Å². The molecular weight excluding hydrogens is 638 g/mol. The first-order chi connectivity index (χ1) is 23.7. The van der Waals surface area contributed by atoms with Gasteiger partial charge in [0.25, 0.3) is 5.91 Å². The summed E-state index contributed by atoms with van der Waals surface area (Å²) in [6.07, 6.45) is 7.73. The number of rotatable bonds is 13. The van der Waals surface area contributed by atoms with Crippen LogP contribution < -0.4 is 21.3 Å². The molecule has 1 aliphatic heterocycles. The van der Waals surface area contributed by atoms with Gasteiger partial charge in [-0.2, -0.15) is 0 Å². The van der Waals surface area contributed by atoms with Gasteiger partial charge in [-0.05, 0) is 74.7 Å². The van der Waals surface area contributed by atoms with Crippen LogP contribution >= 0.6 is 0 Å². The molecule has 3 saturated carbocycles. The van der Waals surface area contributed by atoms with Crippen molar-refractivity contribution in [1.82, 2.24) is 26.2 Å². The van der Waals surface area contributed by atoms with E-state index in [2.05, 4.69) is 35.1 Å². The van der Waals surface area contributed by atoms with Crippen LogP contribution in [0.2, 0.25) is 0 Å². The van der Waals surface area contributed by atoms with Gasteiger partial charge in [0.05, 0.1) is 6.04 Å². The molecule has 0 spiro atoms. The second-order valence-electron chi connectivity index (χ2n) is 16.4. The Morgan fingerprint density at radius 2 is 1.60 bits per heavy atom. The summed E-state index contributed by atoms with van der Waals surface area (Å²) in [6.45, 7) is 9.73. The lowest BCUT2D eigenvalue weighted by molar-refractivity contribution is -0.147. The van der Waals surface area contributed by atoms with Crippen molar-refractivity contribution in [3.05, 3.63) is 35.9 Å². The summed E-state index contributed by atoms with van der Waals surface area (Å²) in [5, 5.41) is 11.1. The number of benzene rings is 1. The minimum atomic E-state index is -1.10. The number of amides is 5. The fourth-order valence-corrected chi connectivity index (χ4v) is 8.10. The van der Waals surface area contributed by atoms with Crippen LogP contribution in [0.4, 0.5) is 4.79 Å². The van der Waals surface area contributed by atoms with Crippen LogP contribution in [0.5, 0.6) is 0 Å². The van der Waals surface area contributed by atoms with Crippen molar-refractivity contribution < 1.29 is 33.5 Å². The number of esters is 1. The summed E-state index contributed by atoms with van der Waals surface area (Å²) in [4.78, 5) is 82.2. The third-order valence-electron chi connectivity index (χ3n) is 11.2. The molecule has 1 aromatic carbocycles. The van der Waals surface area contributed by atoms with Gasteiger partial charge in [-0.1, -0.05) is 82.7 Å². The van der Waals surface area contributed by atoms with Gasteiger partial charge in [0.1, 0.15) is 25.2 Å². The number of nitrogens with zero attached hydrogens (tertiary/aromatic N) is 1. The van der Waals surface area contributed by atoms with E-state index in [0.717, 1.165) is 56.9 Å². The van der Waals surface area contributed by atoms with E-state index in [1.807, 2.05) is 51.1 Å². The third-order valence-corrected chi connectivity index (χ3v) is 11.2. The van der Waals surface area contributed by atoms with E-state index < -0.39 is 59.8 Å². The predicted octanol–water partition coefficient (Wildman–Crippen LogP) is 3.62. The van der Waals surface area contributed by atoms with Crippen molar-refractivity contribution in [1.29, 1.82) is 0 Å². The molecule has 1 heterocycles. The van der Waals surface area contributed by atoms with Gasteiger partial charge in [-0.25, -0.2) is 4.79 Å². The number of carbonyl (C=O) groups excluding carboxylic acids is 6. The lowest BCUT2D eigenvalue weighted by atomic mass is 9.80. The van der Waals surface area contributed by atoms with Gasteiger partial charge in [0, 0.05) is 12.1 Å². The number of fused-ring (bicyclic) bond motifs is 1. The van der Waals surface area contributed by atoms with Gasteiger partial charge in [0.15, 0.2) is 0 Å². The highest BCUT2D eigenvalue weighted by Crippen LogP contribution is 2.65. The van der Waals surface area contributed by atoms with Gasteiger partial charge in [-0.15, -0.1) is 0 Å². The van der Waals surface area contributed by atoms with E-state index in [1.54, 1.807) is 4.90 Å². The van der Waals surface area contributed by atoms with E-state index in [-0.39, 0.29) is 41.6 Å². The highest BCUT2D eigenvalue weighted by atomic mass is 16.5. The average molecular weight is 694 g/mol. The molecule has 0 unspecified atom stereocenters. The van der Waals surface area contributed by atoms with E-state index in [9.17, 15) is 28.8 Å². The van der Waals surface area contributed by atoms with Crippen LogP contribution in [-0.2, 0) is 35.3 Å². The minimum Gasteiger partial charge on any atom is -0.460 e. The third kappa shape index (κ3) is 9.03. The quantitative estimate of drug-likeness (QED) is 0.181. The number of piperidine rings is 1. The number of ketones is 1. The standard InChI is InChI=1S/C38H55N5O7/c1-37(2,3)42-36(49)41-30(25-17-10-7-11-18-25)35(48)43-21-26-29(38(26,4)5)31(43)33(46)40-27(19-23-15-12-16-23)32(45)34(47)39-20-28(44)50-22-24-13-8-6-9-14-24/h6,8-9,13-14,23,25-27,29-31H,7,10-12,15-22H2,1-5H3,(H,39,47)(H,40,46)(H2,41,42,49)/t26-,27-,29-,30-,31-/m0/s1. The Hall–Kier alpha value is -3.96. The molecule has 4 N–H and O–H groups in total. The van der Waals surface area contributed by atoms with E-state index in [1.165, 1.54) is 0 Å². The topological polar surface area (TPSA) is 163 Å². The lowest BCUT2D eigenvalue weighted by Crippen LogP contribution is -2.61. The van der Waals surface area contributed by atoms with E-state index in [4.69, 9.17) is 4.74 Å². The number of urea groups is 1. The van der Waals surface area contributed by atoms with Crippen molar-refractivity contribution in [3.8, 4) is 0 Å². The summed E-state index contributed by atoms with van der Waals surface area (Å²) < 4.78 is 5.22. The Bertz CT molecular complexity index is 1430. The maximum absolute atomic E-state index is 14.4. The summed E-state index contributed by atoms with van der Waals surface area (Å²) >= 11 is 0. The molecule has 12 heteroatoms. The fourth-order valence-electron chi connectivity index (χ4n) is 8.10. The maximum Gasteiger partial charge on any atom is 0.325 e. The van der Waals surface area contributed by atoms with Crippen LogP contribution in [-0.4, -0.2) is 77.2 Å². The van der Waals surface area contributed by atoms with Crippen molar-refractivity contribution in [2.45, 2.75) is 123 Å². The predicted molar refractivity (Wildman–Crippen MR) is 186 cm³/mol. The molecule has 4 aliphatic rings. The molecule has 4 fully saturated rings. The fraction of sp³-hybridized carbons (Fsp3) is 0.684. The van der Waals surface area contributed by atoms with Crippen LogP contribution in [0.1, 0.15) is 98.0 Å². The molecule has 1 saturated heterocycles. The highest BCUT2D eigenvalue weighted by molar-refractivity contribution is 6.38. The van der Waals surface area contributed by atoms with Gasteiger partial charge in [0.2, 0.25) is 17.6 Å². The monoisotopic (exact) mass is 693 g/mol. The summed E-state index contributed by atoms with van der Waals surface area (Å²) in [6, 6.07) is 5.97. The second-order valence-corrected chi connectivity index (χ2v) is 16.4. The molecule has 274 valence electrons. The number of Topliss-reactive ketones (excluding diaryl/α,β-unsaturated/α-hetero) is 1. The van der Waals surface area contributed by atoms with Gasteiger partial charge in [-0.3, -0.25) is 24.0 Å². The summed E-state index contributed by atoms with van der Waals surface area (Å²) in [5.74, 6) is -3.12. The van der Waals surface area contributed by atoms with E-state index >= 15 is 0 Å². The average Bonchev–Trinajstić information content (AvgIpc) is 3.36. The second kappa shape index (κ2) is 15.5. The maximum atomic E-state index is 14.4. The number of likely N-dealkylation sites (tertiary alicyclic amines) is 1. The number of nitrogens with one attached hydrogen (secondary N) is 4. The van der Waals surface area contributed by atoms with Crippen LogP contribution in [0.3, 0.4) is 0 Å². The number of ether oxygens (including phenoxy) is 1. The van der Waals surface area contributed by atoms with E-state index in [0.29, 0.717) is 13.0 Å². The minimum absolute atomic E-state index is 0.0390. The van der Waals surface area contributed by atoms with Crippen LogP contribution in [0.15, 0.2) is 30.3 Å². The molecule has 0 bridgehead atoms. The molecule has 5 atom stereocenters. The first-order valence-electron chi connectivity index (χ1n) is 18.4. The highest BCUT2D eigenvalue weighted by Gasteiger charge is 2.69. The summed E-state index contributed by atoms with van der Waals surface area (Å²) in [7, 11) is 0. The normalized spacial score (nSPS) is 24.1. The number of carbonyl (C=O) groups is 6. The Balaban J connectivity index is 1.27. The Morgan fingerprint density at radius 3 is 2.22 bits per heavy atom. The Labute approximate surface area is 295 Å². The first kappa shape index (κ1) is 37.3. The van der Waals surface area contributed by atoms with Crippen LogP contribution in [0, 0.1) is 29.1 Å². The first-order valence-corrected chi connectivity index (χ1v) is 18.4. The largest absolute Gasteiger partial charge is 0.460 e. The Morgan fingerprint density at radius 1 is 0.920 bits per heavy atom. The molecule has 50 heavy (non-hydrogen) atoms. The molecule has 12 nitrogen and oxygen atoms in total. The number of hydrogen-bond acceptors (Lipinski definition) is 7. The molecule has 3 aliphatic carbocycles. The van der Waals surface area contributed by atoms with Crippen molar-refractivity contribution >= 4 is 35.5 Å². The lowest BCUT2D eigenvalue weighted by Gasteiger charge is -2.38. The van der Waals surface area contributed by atoms with Gasteiger partial charge >= 0.3 is 12.0 Å². The zero-order valence-electron chi connectivity index (χ0n) is 30.2. The zero-order valence-corrected chi connectivity index (χ0v) is 30.2. The van der Waals surface area contributed by atoms with Crippen molar-refractivity contribution in [2.24, 2.45) is 29.1 Å². The van der Waals surface area contributed by atoms with Crippen molar-refractivity contribution in [2.75, 3.05) is 13.1 Å². The molecule has 5 amide bonds. The SMILES string of the molecule is CC(C)(C)NC(=O)N[C@H](C(=O)N1C[C@H]2[C@@H]([C@H]1C(=O)N[C@@H](CC1CCC1)C(=O)C(=O)NCC(=O)OCc1ccccc1)C2(C)C)C1CCCCC1. The molecule has 5 rings (SSSR count). The smallest absolute Gasteiger partial charge is 0.325 e. The molecular formula is C38H55N5O7. The number of hydrogen-bond donors (Lipinski definition) is 4. The van der Waals surface area contributed by atoms with Crippen LogP contribution in [0.25, 0.3) is 0 Å². The molecule has 0 aromatic heterocycles. The molecule has 1 aromatic rings. The Kier molecular flexibility index (Phi) is 11.6. The zero-order chi connectivity index (χ0) is 36.2. The summed E-state index contributed by atoms with van der Waals surface area (Å²) in [5.41, 5.74) is 0.116. The van der Waals surface area contributed by atoms with Crippen molar-refractivity contribution in [3.63, 3.8) is 0 Å².